The second-order valence-electron chi connectivity index (χ2n) is 6.08. The average Bonchev–Trinajstić information content (AvgIpc) is 2.64. The number of hydrogen-bond donors (Lipinski definition) is 0. The highest BCUT2D eigenvalue weighted by Crippen LogP contribution is 2.23. The predicted octanol–water partition coefficient (Wildman–Crippen LogP) is 4.36. The van der Waals surface area contributed by atoms with Crippen molar-refractivity contribution in [2.75, 3.05) is 6.54 Å². The van der Waals surface area contributed by atoms with Crippen LogP contribution in [-0.2, 0) is 19.5 Å². The van der Waals surface area contributed by atoms with Gasteiger partial charge in [0.2, 0.25) is 0 Å². The van der Waals surface area contributed by atoms with Crippen LogP contribution < -0.4 is 0 Å². The molecule has 0 unspecified atom stereocenters. The summed E-state index contributed by atoms with van der Waals surface area (Å²) in [4.78, 5) is 11.7. The summed E-state index contributed by atoms with van der Waals surface area (Å²) in [5, 5.41) is 0.832. The van der Waals surface area contributed by atoms with E-state index in [1.165, 1.54) is 16.8 Å². The van der Waals surface area contributed by atoms with E-state index in [1.54, 1.807) is 0 Å². The minimum Gasteiger partial charge on any atom is -0.294 e. The summed E-state index contributed by atoms with van der Waals surface area (Å²) in [7, 11) is 0. The summed E-state index contributed by atoms with van der Waals surface area (Å²) >= 11 is 6.28. The maximum absolute atomic E-state index is 6.28. The number of nitrogens with zero attached hydrogens (tertiary/aromatic N) is 3. The van der Waals surface area contributed by atoms with Crippen molar-refractivity contribution >= 4 is 11.6 Å². The smallest absolute Gasteiger partial charge is 0.159 e. The van der Waals surface area contributed by atoms with Crippen LogP contribution in [0.25, 0.3) is 11.4 Å². The molecule has 0 fully saturated rings. The monoisotopic (exact) mass is 335 g/mol. The summed E-state index contributed by atoms with van der Waals surface area (Å²) in [6.07, 6.45) is 2.92. The van der Waals surface area contributed by atoms with Crippen LogP contribution in [0.3, 0.4) is 0 Å². The second kappa shape index (κ2) is 6.71. The predicted molar refractivity (Wildman–Crippen MR) is 96.7 cm³/mol. The molecule has 3 aromatic rings. The fraction of sp³-hybridized carbons (Fsp3) is 0.200. The van der Waals surface area contributed by atoms with Gasteiger partial charge in [-0.25, -0.2) is 9.97 Å². The van der Waals surface area contributed by atoms with Crippen molar-refractivity contribution in [3.8, 4) is 11.4 Å². The van der Waals surface area contributed by atoms with Crippen LogP contribution in [-0.4, -0.2) is 21.4 Å². The lowest BCUT2D eigenvalue weighted by Gasteiger charge is -2.28. The molecule has 0 spiro atoms. The zero-order valence-corrected chi connectivity index (χ0v) is 14.1. The minimum absolute atomic E-state index is 0.814. The molecule has 4 rings (SSSR count). The van der Waals surface area contributed by atoms with Crippen LogP contribution in [0.15, 0.2) is 60.8 Å². The Bertz CT molecular complexity index is 849. The molecule has 2 aromatic carbocycles. The van der Waals surface area contributed by atoms with Gasteiger partial charge in [0, 0.05) is 48.4 Å². The van der Waals surface area contributed by atoms with Gasteiger partial charge < -0.3 is 0 Å². The molecular formula is C20H18ClN3. The van der Waals surface area contributed by atoms with Crippen molar-refractivity contribution in [1.29, 1.82) is 0 Å². The van der Waals surface area contributed by atoms with Gasteiger partial charge in [-0.05, 0) is 11.6 Å². The number of benzene rings is 2. The molecule has 0 aliphatic carbocycles. The Morgan fingerprint density at radius 2 is 1.79 bits per heavy atom. The van der Waals surface area contributed by atoms with E-state index in [0.717, 1.165) is 42.5 Å². The lowest BCUT2D eigenvalue weighted by Crippen LogP contribution is -2.31. The summed E-state index contributed by atoms with van der Waals surface area (Å²) in [5.74, 6) is 0.814. The molecule has 24 heavy (non-hydrogen) atoms. The third-order valence-corrected chi connectivity index (χ3v) is 4.77. The number of hydrogen-bond acceptors (Lipinski definition) is 3. The molecule has 120 valence electrons. The zero-order chi connectivity index (χ0) is 16.4. The summed E-state index contributed by atoms with van der Waals surface area (Å²) in [5.41, 5.74) is 4.62. The normalized spacial score (nSPS) is 14.4. The molecule has 0 atom stereocenters. The largest absolute Gasteiger partial charge is 0.294 e. The molecule has 0 bridgehead atoms. The summed E-state index contributed by atoms with van der Waals surface area (Å²) in [6, 6.07) is 18.2. The Hall–Kier alpha value is -2.23. The van der Waals surface area contributed by atoms with Crippen molar-refractivity contribution in [3.63, 3.8) is 0 Å². The van der Waals surface area contributed by atoms with E-state index < -0.39 is 0 Å². The average molecular weight is 336 g/mol. The molecule has 0 amide bonds. The van der Waals surface area contributed by atoms with Crippen LogP contribution in [0.4, 0.5) is 0 Å². The molecule has 1 aromatic heterocycles. The molecule has 0 saturated carbocycles. The van der Waals surface area contributed by atoms with Gasteiger partial charge in [-0.3, -0.25) is 4.90 Å². The molecule has 4 heteroatoms. The fourth-order valence-electron chi connectivity index (χ4n) is 3.10. The van der Waals surface area contributed by atoms with Crippen molar-refractivity contribution in [3.05, 3.63) is 82.6 Å². The highest BCUT2D eigenvalue weighted by atomic mass is 35.5. The third-order valence-electron chi connectivity index (χ3n) is 4.40. The first-order valence-electron chi connectivity index (χ1n) is 8.15. The van der Waals surface area contributed by atoms with Crippen molar-refractivity contribution in [1.82, 2.24) is 14.9 Å². The minimum atomic E-state index is 0.814. The quantitative estimate of drug-likeness (QED) is 0.712. The highest BCUT2D eigenvalue weighted by Gasteiger charge is 2.19. The van der Waals surface area contributed by atoms with Crippen molar-refractivity contribution in [2.45, 2.75) is 19.5 Å². The Kier molecular flexibility index (Phi) is 4.28. The molecule has 0 N–H and O–H groups in total. The second-order valence-corrected chi connectivity index (χ2v) is 6.49. The van der Waals surface area contributed by atoms with E-state index in [4.69, 9.17) is 16.6 Å². The highest BCUT2D eigenvalue weighted by molar-refractivity contribution is 6.31. The van der Waals surface area contributed by atoms with Gasteiger partial charge in [0.25, 0.3) is 0 Å². The van der Waals surface area contributed by atoms with E-state index in [-0.39, 0.29) is 0 Å². The maximum atomic E-state index is 6.28. The van der Waals surface area contributed by atoms with Crippen LogP contribution in [0.5, 0.6) is 0 Å². The van der Waals surface area contributed by atoms with Gasteiger partial charge in [-0.15, -0.1) is 0 Å². The van der Waals surface area contributed by atoms with E-state index in [0.29, 0.717) is 0 Å². The van der Waals surface area contributed by atoms with E-state index >= 15 is 0 Å². The first kappa shape index (κ1) is 15.3. The first-order valence-corrected chi connectivity index (χ1v) is 8.53. The fourth-order valence-corrected chi connectivity index (χ4v) is 3.30. The van der Waals surface area contributed by atoms with Gasteiger partial charge in [-0.2, -0.15) is 0 Å². The van der Waals surface area contributed by atoms with Gasteiger partial charge in [0.05, 0.1) is 5.69 Å². The Labute approximate surface area is 147 Å². The molecule has 3 nitrogen and oxygen atoms in total. The standard InChI is InChI=1S/C20H18ClN3/c21-18-9-5-4-8-16(18)13-24-11-10-19-17(14-24)12-22-20(23-19)15-6-2-1-3-7-15/h1-9,12H,10-11,13-14H2. The zero-order valence-electron chi connectivity index (χ0n) is 13.3. The van der Waals surface area contributed by atoms with Gasteiger partial charge >= 0.3 is 0 Å². The molecule has 2 heterocycles. The first-order chi connectivity index (χ1) is 11.8. The topological polar surface area (TPSA) is 29.0 Å². The Morgan fingerprint density at radius 3 is 2.62 bits per heavy atom. The summed E-state index contributed by atoms with van der Waals surface area (Å²) < 4.78 is 0. The van der Waals surface area contributed by atoms with Crippen molar-refractivity contribution < 1.29 is 0 Å². The number of rotatable bonds is 3. The van der Waals surface area contributed by atoms with E-state index in [9.17, 15) is 0 Å². The maximum Gasteiger partial charge on any atom is 0.159 e. The van der Waals surface area contributed by atoms with Gasteiger partial charge in [-0.1, -0.05) is 60.1 Å². The third kappa shape index (κ3) is 3.18. The molecule has 1 aliphatic rings. The number of aromatic nitrogens is 2. The van der Waals surface area contributed by atoms with Crippen molar-refractivity contribution in [2.24, 2.45) is 0 Å². The number of halogens is 1. The molecule has 0 saturated heterocycles. The Morgan fingerprint density at radius 1 is 1.00 bits per heavy atom. The van der Waals surface area contributed by atoms with Crippen LogP contribution in [0, 0.1) is 0 Å². The van der Waals surface area contributed by atoms with Gasteiger partial charge in [0.1, 0.15) is 0 Å². The molecular weight excluding hydrogens is 318 g/mol. The Balaban J connectivity index is 1.53. The van der Waals surface area contributed by atoms with E-state index in [1.807, 2.05) is 54.7 Å². The van der Waals surface area contributed by atoms with E-state index in [2.05, 4.69) is 16.0 Å². The van der Waals surface area contributed by atoms with Crippen LogP contribution in [0.1, 0.15) is 16.8 Å². The lowest BCUT2D eigenvalue weighted by atomic mass is 10.1. The molecule has 1 aliphatic heterocycles. The molecule has 0 radical (unpaired) electrons. The summed E-state index contributed by atoms with van der Waals surface area (Å²) in [6.45, 7) is 2.72. The lowest BCUT2D eigenvalue weighted by molar-refractivity contribution is 0.243. The van der Waals surface area contributed by atoms with Crippen LogP contribution in [0.2, 0.25) is 5.02 Å². The van der Waals surface area contributed by atoms with Gasteiger partial charge in [0.15, 0.2) is 5.82 Å². The SMILES string of the molecule is Clc1ccccc1CN1CCc2nc(-c3ccccc3)ncc2C1. The number of fused-ring (bicyclic) bond motifs is 1. The van der Waals surface area contributed by atoms with Crippen LogP contribution >= 0.6 is 11.6 Å².